The minimum absolute atomic E-state index is 0.589. The second-order valence-corrected chi connectivity index (χ2v) is 3.60. The number of benzene rings is 1. The van der Waals surface area contributed by atoms with E-state index in [9.17, 15) is 0 Å². The van der Waals surface area contributed by atoms with Crippen molar-refractivity contribution in [2.75, 3.05) is 24.3 Å². The summed E-state index contributed by atoms with van der Waals surface area (Å²) in [5.74, 6) is 2.20. The van der Waals surface area contributed by atoms with Gasteiger partial charge in [0.25, 0.3) is 0 Å². The lowest BCUT2D eigenvalue weighted by Crippen LogP contribution is -1.99. The van der Waals surface area contributed by atoms with Crippen LogP contribution >= 0.6 is 0 Å². The van der Waals surface area contributed by atoms with E-state index in [1.807, 2.05) is 37.3 Å². The van der Waals surface area contributed by atoms with E-state index in [1.165, 1.54) is 0 Å². The maximum Gasteiger partial charge on any atom is 0.224 e. The summed E-state index contributed by atoms with van der Waals surface area (Å²) < 4.78 is 5.38. The lowest BCUT2D eigenvalue weighted by Gasteiger charge is -2.08. The molecule has 1 heterocycles. The van der Waals surface area contributed by atoms with E-state index in [0.29, 0.717) is 12.6 Å². The molecular formula is C13H16N4O. The molecule has 0 saturated heterocycles. The smallest absolute Gasteiger partial charge is 0.224 e. The summed E-state index contributed by atoms with van der Waals surface area (Å²) in [5, 5.41) is 6.10. The van der Waals surface area contributed by atoms with E-state index in [2.05, 4.69) is 20.6 Å². The second-order valence-electron chi connectivity index (χ2n) is 3.60. The van der Waals surface area contributed by atoms with Crippen molar-refractivity contribution in [3.63, 3.8) is 0 Å². The zero-order chi connectivity index (χ0) is 12.8. The van der Waals surface area contributed by atoms with E-state index < -0.39 is 0 Å². The fourth-order valence-electron chi connectivity index (χ4n) is 1.50. The maximum atomic E-state index is 5.38. The van der Waals surface area contributed by atoms with Gasteiger partial charge in [-0.15, -0.1) is 0 Å². The zero-order valence-corrected chi connectivity index (χ0v) is 10.5. The molecule has 1 aromatic heterocycles. The normalized spacial score (nSPS) is 9.89. The van der Waals surface area contributed by atoms with Crippen LogP contribution in [0.5, 0.6) is 5.75 Å². The first-order chi connectivity index (χ1) is 8.81. The third-order valence-corrected chi connectivity index (χ3v) is 2.32. The molecule has 0 aliphatic carbocycles. The van der Waals surface area contributed by atoms with E-state index >= 15 is 0 Å². The first-order valence-electron chi connectivity index (χ1n) is 5.82. The lowest BCUT2D eigenvalue weighted by atomic mass is 10.3. The quantitative estimate of drug-likeness (QED) is 0.846. The van der Waals surface area contributed by atoms with Crippen LogP contribution in [0.4, 0.5) is 17.5 Å². The summed E-state index contributed by atoms with van der Waals surface area (Å²) in [6, 6.07) is 9.56. The van der Waals surface area contributed by atoms with Crippen LogP contribution in [-0.2, 0) is 0 Å². The molecule has 1 aromatic carbocycles. The largest absolute Gasteiger partial charge is 0.494 e. The molecule has 0 radical (unpaired) electrons. The molecule has 2 aromatic rings. The van der Waals surface area contributed by atoms with Gasteiger partial charge in [-0.1, -0.05) is 0 Å². The average Bonchev–Trinajstić information content (AvgIpc) is 2.42. The molecule has 94 valence electrons. The topological polar surface area (TPSA) is 59.1 Å². The van der Waals surface area contributed by atoms with Gasteiger partial charge in [0, 0.05) is 18.9 Å². The Balaban J connectivity index is 2.08. The Morgan fingerprint density at radius 1 is 1.17 bits per heavy atom. The molecule has 0 fully saturated rings. The van der Waals surface area contributed by atoms with Gasteiger partial charge < -0.3 is 15.4 Å². The van der Waals surface area contributed by atoms with Gasteiger partial charge in [0.2, 0.25) is 5.95 Å². The van der Waals surface area contributed by atoms with Gasteiger partial charge in [-0.2, -0.15) is 4.98 Å². The summed E-state index contributed by atoms with van der Waals surface area (Å²) in [4.78, 5) is 8.34. The number of nitrogens with zero attached hydrogens (tertiary/aromatic N) is 2. The summed E-state index contributed by atoms with van der Waals surface area (Å²) in [5.41, 5.74) is 0.958. The van der Waals surface area contributed by atoms with Gasteiger partial charge in [-0.3, -0.25) is 0 Å². The van der Waals surface area contributed by atoms with Crippen molar-refractivity contribution in [1.29, 1.82) is 0 Å². The van der Waals surface area contributed by atoms with Crippen molar-refractivity contribution in [3.05, 3.63) is 36.5 Å². The van der Waals surface area contributed by atoms with Crippen LogP contribution in [0.25, 0.3) is 0 Å². The van der Waals surface area contributed by atoms with Gasteiger partial charge in [0.05, 0.1) is 6.61 Å². The SMILES string of the molecule is CCOc1ccc(Nc2ccnc(NC)n2)cc1. The molecule has 0 atom stereocenters. The maximum absolute atomic E-state index is 5.38. The minimum atomic E-state index is 0.589. The average molecular weight is 244 g/mol. The van der Waals surface area contributed by atoms with Crippen molar-refractivity contribution < 1.29 is 4.74 Å². The van der Waals surface area contributed by atoms with Crippen molar-refractivity contribution in [1.82, 2.24) is 9.97 Å². The predicted molar refractivity (Wildman–Crippen MR) is 72.5 cm³/mol. The van der Waals surface area contributed by atoms with Crippen LogP contribution in [0.2, 0.25) is 0 Å². The molecule has 0 aliphatic heterocycles. The Morgan fingerprint density at radius 2 is 1.94 bits per heavy atom. The molecule has 0 amide bonds. The molecule has 0 bridgehead atoms. The van der Waals surface area contributed by atoms with E-state index in [1.54, 1.807) is 13.2 Å². The molecule has 2 rings (SSSR count). The summed E-state index contributed by atoms with van der Waals surface area (Å²) in [6.45, 7) is 2.64. The molecular weight excluding hydrogens is 228 g/mol. The van der Waals surface area contributed by atoms with Crippen LogP contribution in [-0.4, -0.2) is 23.6 Å². The molecule has 5 nitrogen and oxygen atoms in total. The number of anilines is 3. The predicted octanol–water partition coefficient (Wildman–Crippen LogP) is 2.66. The third-order valence-electron chi connectivity index (χ3n) is 2.32. The standard InChI is InChI=1S/C13H16N4O/c1-3-18-11-6-4-10(5-7-11)16-12-8-9-15-13(14-2)17-12/h4-9H,3H2,1-2H3,(H2,14,15,16,17). The number of rotatable bonds is 5. The zero-order valence-electron chi connectivity index (χ0n) is 10.5. The number of aromatic nitrogens is 2. The highest BCUT2D eigenvalue weighted by molar-refractivity contribution is 5.57. The Morgan fingerprint density at radius 3 is 2.61 bits per heavy atom. The Bertz CT molecular complexity index is 499. The van der Waals surface area contributed by atoms with Crippen LogP contribution < -0.4 is 15.4 Å². The highest BCUT2D eigenvalue weighted by atomic mass is 16.5. The van der Waals surface area contributed by atoms with E-state index in [0.717, 1.165) is 17.3 Å². The number of hydrogen-bond acceptors (Lipinski definition) is 5. The molecule has 0 unspecified atom stereocenters. The van der Waals surface area contributed by atoms with Crippen LogP contribution in [0, 0.1) is 0 Å². The monoisotopic (exact) mass is 244 g/mol. The van der Waals surface area contributed by atoms with Crippen LogP contribution in [0.3, 0.4) is 0 Å². The van der Waals surface area contributed by atoms with Crippen molar-refractivity contribution in [3.8, 4) is 5.75 Å². The van der Waals surface area contributed by atoms with Gasteiger partial charge >= 0.3 is 0 Å². The summed E-state index contributed by atoms with van der Waals surface area (Å²) >= 11 is 0. The first kappa shape index (κ1) is 12.2. The Hall–Kier alpha value is -2.30. The van der Waals surface area contributed by atoms with Crippen molar-refractivity contribution >= 4 is 17.5 Å². The molecule has 0 saturated carbocycles. The van der Waals surface area contributed by atoms with Crippen molar-refractivity contribution in [2.45, 2.75) is 6.92 Å². The van der Waals surface area contributed by atoms with Gasteiger partial charge in [-0.05, 0) is 37.3 Å². The Kier molecular flexibility index (Phi) is 3.96. The lowest BCUT2D eigenvalue weighted by molar-refractivity contribution is 0.340. The fourth-order valence-corrected chi connectivity index (χ4v) is 1.50. The van der Waals surface area contributed by atoms with Gasteiger partial charge in [0.15, 0.2) is 0 Å². The highest BCUT2D eigenvalue weighted by Crippen LogP contribution is 2.19. The van der Waals surface area contributed by atoms with Crippen molar-refractivity contribution in [2.24, 2.45) is 0 Å². The van der Waals surface area contributed by atoms with Crippen LogP contribution in [0.1, 0.15) is 6.92 Å². The van der Waals surface area contributed by atoms with E-state index in [4.69, 9.17) is 4.74 Å². The molecule has 0 spiro atoms. The second kappa shape index (κ2) is 5.86. The Labute approximate surface area is 106 Å². The number of nitrogens with one attached hydrogen (secondary N) is 2. The molecule has 18 heavy (non-hydrogen) atoms. The summed E-state index contributed by atoms with van der Waals surface area (Å²) in [6.07, 6.45) is 1.70. The van der Waals surface area contributed by atoms with Gasteiger partial charge in [0.1, 0.15) is 11.6 Å². The molecule has 5 heteroatoms. The third kappa shape index (κ3) is 3.10. The summed E-state index contributed by atoms with van der Waals surface area (Å²) in [7, 11) is 1.79. The fraction of sp³-hybridized carbons (Fsp3) is 0.231. The van der Waals surface area contributed by atoms with Gasteiger partial charge in [-0.25, -0.2) is 4.98 Å². The first-order valence-corrected chi connectivity index (χ1v) is 5.82. The highest BCUT2D eigenvalue weighted by Gasteiger charge is 1.99. The molecule has 0 aliphatic rings. The number of hydrogen-bond donors (Lipinski definition) is 2. The minimum Gasteiger partial charge on any atom is -0.494 e. The van der Waals surface area contributed by atoms with E-state index in [-0.39, 0.29) is 0 Å². The van der Waals surface area contributed by atoms with Crippen LogP contribution in [0.15, 0.2) is 36.5 Å². The molecule has 2 N–H and O–H groups in total. The number of ether oxygens (including phenoxy) is 1.